The first-order chi connectivity index (χ1) is 13.5. The number of halogens is 2. The Balaban J connectivity index is 1.62. The standard InChI is InChI=1S/C22H20BrClO3S/c1-3-5-20-17(23)12-21(28-20)19(25)11-10-15-8-9-16(27-15)13-26-22-14(2)6-4-7-18(22)24/h4,6-12H,3,5,13H2,1-2H3/b11-10+. The third-order valence-corrected chi connectivity index (χ3v) is 6.56. The summed E-state index contributed by atoms with van der Waals surface area (Å²) in [6.07, 6.45) is 5.23. The number of thiophene rings is 1. The fourth-order valence-corrected chi connectivity index (χ4v) is 4.84. The molecule has 0 saturated carbocycles. The molecule has 3 nitrogen and oxygen atoms in total. The molecule has 146 valence electrons. The number of ether oxygens (including phenoxy) is 1. The Kier molecular flexibility index (Phi) is 7.16. The van der Waals surface area contributed by atoms with E-state index in [2.05, 4.69) is 22.9 Å². The van der Waals surface area contributed by atoms with E-state index in [9.17, 15) is 4.79 Å². The number of hydrogen-bond donors (Lipinski definition) is 0. The fourth-order valence-electron chi connectivity index (χ4n) is 2.67. The SMILES string of the molecule is CCCc1sc(C(=O)/C=C/c2ccc(COc3c(C)cccc3Cl)o2)cc1Br. The van der Waals surface area contributed by atoms with Gasteiger partial charge in [-0.2, -0.15) is 0 Å². The van der Waals surface area contributed by atoms with Crippen molar-refractivity contribution in [2.75, 3.05) is 0 Å². The molecule has 1 aromatic carbocycles. The van der Waals surface area contributed by atoms with E-state index in [1.165, 1.54) is 22.3 Å². The van der Waals surface area contributed by atoms with E-state index in [4.69, 9.17) is 20.8 Å². The van der Waals surface area contributed by atoms with Crippen LogP contribution in [0.2, 0.25) is 5.02 Å². The average molecular weight is 480 g/mol. The minimum atomic E-state index is -0.0334. The minimum absolute atomic E-state index is 0.0334. The van der Waals surface area contributed by atoms with Gasteiger partial charge in [0.1, 0.15) is 23.9 Å². The molecule has 2 heterocycles. The molecule has 0 amide bonds. The van der Waals surface area contributed by atoms with Crippen LogP contribution in [0.1, 0.15) is 45.0 Å². The second kappa shape index (κ2) is 9.59. The summed E-state index contributed by atoms with van der Waals surface area (Å²) in [5.41, 5.74) is 0.967. The van der Waals surface area contributed by atoms with Crippen LogP contribution in [-0.2, 0) is 13.0 Å². The molecular formula is C22H20BrClO3S. The van der Waals surface area contributed by atoms with Crippen LogP contribution in [0.5, 0.6) is 5.75 Å². The first-order valence-electron chi connectivity index (χ1n) is 8.95. The quantitative estimate of drug-likeness (QED) is 0.248. The highest BCUT2D eigenvalue weighted by atomic mass is 79.9. The number of rotatable bonds is 8. The highest BCUT2D eigenvalue weighted by molar-refractivity contribution is 9.10. The number of benzene rings is 1. The molecule has 0 aliphatic heterocycles. The van der Waals surface area contributed by atoms with E-state index in [1.54, 1.807) is 12.1 Å². The van der Waals surface area contributed by atoms with E-state index in [1.807, 2.05) is 37.3 Å². The van der Waals surface area contributed by atoms with Crippen molar-refractivity contribution >= 4 is 50.7 Å². The smallest absolute Gasteiger partial charge is 0.195 e. The van der Waals surface area contributed by atoms with Gasteiger partial charge in [0.05, 0.1) is 9.90 Å². The Labute approximate surface area is 182 Å². The van der Waals surface area contributed by atoms with Gasteiger partial charge in [0.15, 0.2) is 5.78 Å². The van der Waals surface area contributed by atoms with Crippen molar-refractivity contribution in [3.05, 3.63) is 78.8 Å². The summed E-state index contributed by atoms with van der Waals surface area (Å²) in [6.45, 7) is 4.33. The number of ketones is 1. The molecule has 3 aromatic rings. The van der Waals surface area contributed by atoms with Crippen LogP contribution in [0.3, 0.4) is 0 Å². The van der Waals surface area contributed by atoms with Gasteiger partial charge in [0.25, 0.3) is 0 Å². The van der Waals surface area contributed by atoms with Crippen LogP contribution in [0.4, 0.5) is 0 Å². The van der Waals surface area contributed by atoms with Crippen LogP contribution in [-0.4, -0.2) is 5.78 Å². The minimum Gasteiger partial charge on any atom is -0.484 e. The van der Waals surface area contributed by atoms with Gasteiger partial charge in [-0.1, -0.05) is 37.1 Å². The van der Waals surface area contributed by atoms with E-state index in [0.29, 0.717) is 22.3 Å². The molecule has 0 aliphatic rings. The Hall–Kier alpha value is -1.82. The van der Waals surface area contributed by atoms with Crippen LogP contribution in [0.15, 0.2) is 51.4 Å². The first kappa shape index (κ1) is 20.9. The predicted octanol–water partition coefficient (Wildman–Crippen LogP) is 7.49. The molecule has 0 atom stereocenters. The molecule has 0 spiro atoms. The summed E-state index contributed by atoms with van der Waals surface area (Å²) < 4.78 is 12.5. The normalized spacial score (nSPS) is 11.3. The molecule has 0 aliphatic carbocycles. The fraction of sp³-hybridized carbons (Fsp3) is 0.227. The molecule has 6 heteroatoms. The highest BCUT2D eigenvalue weighted by Gasteiger charge is 2.11. The summed E-state index contributed by atoms with van der Waals surface area (Å²) in [4.78, 5) is 14.3. The van der Waals surface area contributed by atoms with E-state index < -0.39 is 0 Å². The number of para-hydroxylation sites is 1. The maximum absolute atomic E-state index is 12.4. The second-order valence-corrected chi connectivity index (χ2v) is 8.71. The number of hydrogen-bond acceptors (Lipinski definition) is 4. The zero-order valence-electron chi connectivity index (χ0n) is 15.6. The lowest BCUT2D eigenvalue weighted by Crippen LogP contribution is -1.96. The molecule has 0 bridgehead atoms. The number of allylic oxidation sites excluding steroid dienone is 1. The third-order valence-electron chi connectivity index (χ3n) is 4.08. The molecule has 0 N–H and O–H groups in total. The monoisotopic (exact) mass is 478 g/mol. The molecule has 3 rings (SSSR count). The second-order valence-electron chi connectivity index (χ2n) is 6.31. The lowest BCUT2D eigenvalue weighted by molar-refractivity contribution is 0.105. The van der Waals surface area contributed by atoms with Gasteiger partial charge in [-0.15, -0.1) is 11.3 Å². The topological polar surface area (TPSA) is 39.4 Å². The van der Waals surface area contributed by atoms with Gasteiger partial charge < -0.3 is 9.15 Å². The summed E-state index contributed by atoms with van der Waals surface area (Å²) in [5.74, 6) is 1.88. The molecule has 28 heavy (non-hydrogen) atoms. The van der Waals surface area contributed by atoms with Gasteiger partial charge in [0.2, 0.25) is 0 Å². The maximum Gasteiger partial charge on any atom is 0.195 e. The van der Waals surface area contributed by atoms with E-state index in [-0.39, 0.29) is 12.4 Å². The summed E-state index contributed by atoms with van der Waals surface area (Å²) >= 11 is 11.2. The Morgan fingerprint density at radius 1 is 1.32 bits per heavy atom. The van der Waals surface area contributed by atoms with Gasteiger partial charge in [-0.25, -0.2) is 0 Å². The van der Waals surface area contributed by atoms with Crippen molar-refractivity contribution in [3.8, 4) is 5.75 Å². The largest absolute Gasteiger partial charge is 0.484 e. The summed E-state index contributed by atoms with van der Waals surface area (Å²) in [7, 11) is 0. The van der Waals surface area contributed by atoms with Gasteiger partial charge >= 0.3 is 0 Å². The van der Waals surface area contributed by atoms with Crippen molar-refractivity contribution in [2.45, 2.75) is 33.3 Å². The number of carbonyl (C=O) groups excluding carboxylic acids is 1. The molecule has 0 radical (unpaired) electrons. The van der Waals surface area contributed by atoms with E-state index >= 15 is 0 Å². The summed E-state index contributed by atoms with van der Waals surface area (Å²) in [6, 6.07) is 11.1. The number of furan rings is 1. The zero-order valence-corrected chi connectivity index (χ0v) is 18.8. The highest BCUT2D eigenvalue weighted by Crippen LogP contribution is 2.30. The van der Waals surface area contributed by atoms with Gasteiger partial charge in [-0.05, 0) is 71.3 Å². The van der Waals surface area contributed by atoms with Crippen LogP contribution >= 0.6 is 38.9 Å². The van der Waals surface area contributed by atoms with Crippen molar-refractivity contribution < 1.29 is 13.9 Å². The lowest BCUT2D eigenvalue weighted by Gasteiger charge is -2.09. The first-order valence-corrected chi connectivity index (χ1v) is 10.9. The third kappa shape index (κ3) is 5.16. The summed E-state index contributed by atoms with van der Waals surface area (Å²) in [5, 5.41) is 0.571. The van der Waals surface area contributed by atoms with Crippen LogP contribution < -0.4 is 4.74 Å². The van der Waals surface area contributed by atoms with Crippen LogP contribution in [0, 0.1) is 6.92 Å². The molecular weight excluding hydrogens is 460 g/mol. The zero-order chi connectivity index (χ0) is 20.1. The predicted molar refractivity (Wildman–Crippen MR) is 119 cm³/mol. The van der Waals surface area contributed by atoms with Crippen molar-refractivity contribution in [2.24, 2.45) is 0 Å². The average Bonchev–Trinajstić information content (AvgIpc) is 3.27. The number of aryl methyl sites for hydroxylation is 2. The number of carbonyl (C=O) groups is 1. The van der Waals surface area contributed by atoms with E-state index in [0.717, 1.165) is 27.8 Å². The van der Waals surface area contributed by atoms with Gasteiger partial charge in [-0.3, -0.25) is 4.79 Å². The maximum atomic E-state index is 12.4. The Morgan fingerprint density at radius 3 is 2.89 bits per heavy atom. The van der Waals surface area contributed by atoms with Crippen molar-refractivity contribution in [1.82, 2.24) is 0 Å². The van der Waals surface area contributed by atoms with Crippen LogP contribution in [0.25, 0.3) is 6.08 Å². The molecule has 0 unspecified atom stereocenters. The molecule has 0 fully saturated rings. The Morgan fingerprint density at radius 2 is 2.14 bits per heavy atom. The lowest BCUT2D eigenvalue weighted by atomic mass is 10.2. The molecule has 2 aromatic heterocycles. The Bertz CT molecular complexity index is 983. The molecule has 0 saturated heterocycles. The van der Waals surface area contributed by atoms with Crippen molar-refractivity contribution in [1.29, 1.82) is 0 Å². The van der Waals surface area contributed by atoms with Gasteiger partial charge in [0, 0.05) is 9.35 Å². The van der Waals surface area contributed by atoms with Crippen molar-refractivity contribution in [3.63, 3.8) is 0 Å².